The maximum atomic E-state index is 8.81. The second kappa shape index (κ2) is 5.50. The molecule has 2 aromatic heterocycles. The largest absolute Gasteiger partial charge is 0.365 e. The number of hydrogen-bond donors (Lipinski definition) is 1. The number of aromatic nitrogens is 1. The first-order chi connectivity index (χ1) is 8.17. The Bertz CT molecular complexity index is 576. The third-order valence-corrected chi connectivity index (χ3v) is 3.88. The first-order valence-electron chi connectivity index (χ1n) is 4.72. The fourth-order valence-electron chi connectivity index (χ4n) is 1.28. The van der Waals surface area contributed by atoms with Crippen LogP contribution >= 0.6 is 38.9 Å². The summed E-state index contributed by atoms with van der Waals surface area (Å²) >= 11 is 10.9. The van der Waals surface area contributed by atoms with E-state index < -0.39 is 0 Å². The van der Waals surface area contributed by atoms with E-state index in [2.05, 4.69) is 26.2 Å². The number of pyridine rings is 1. The van der Waals surface area contributed by atoms with Gasteiger partial charge in [-0.3, -0.25) is 0 Å². The smallest absolute Gasteiger partial charge is 0.132 e. The minimum absolute atomic E-state index is 0.318. The summed E-state index contributed by atoms with van der Waals surface area (Å²) in [5.74, 6) is 0.610. The van der Waals surface area contributed by atoms with Crippen LogP contribution in [0.5, 0.6) is 0 Å². The zero-order valence-electron chi connectivity index (χ0n) is 8.58. The van der Waals surface area contributed by atoms with Crippen molar-refractivity contribution in [2.75, 3.05) is 5.32 Å². The van der Waals surface area contributed by atoms with Crippen molar-refractivity contribution in [3.05, 3.63) is 43.6 Å². The molecule has 0 aliphatic carbocycles. The van der Waals surface area contributed by atoms with Crippen LogP contribution in [0.15, 0.2) is 28.1 Å². The summed E-state index contributed by atoms with van der Waals surface area (Å²) in [7, 11) is 0. The van der Waals surface area contributed by atoms with Gasteiger partial charge in [-0.05, 0) is 34.1 Å². The van der Waals surface area contributed by atoms with Gasteiger partial charge in [0.15, 0.2) is 0 Å². The van der Waals surface area contributed by atoms with Gasteiger partial charge in [0.1, 0.15) is 11.0 Å². The van der Waals surface area contributed by atoms with Crippen LogP contribution in [0.2, 0.25) is 5.15 Å². The van der Waals surface area contributed by atoms with E-state index in [1.807, 2.05) is 17.5 Å². The van der Waals surface area contributed by atoms with Gasteiger partial charge in [-0.2, -0.15) is 5.26 Å². The van der Waals surface area contributed by atoms with Crippen LogP contribution in [0.1, 0.15) is 10.4 Å². The van der Waals surface area contributed by atoms with E-state index in [0.717, 1.165) is 4.47 Å². The molecule has 0 saturated carbocycles. The van der Waals surface area contributed by atoms with E-state index in [-0.39, 0.29) is 0 Å². The normalized spacial score (nSPS) is 9.94. The predicted molar refractivity (Wildman–Crippen MR) is 73.3 cm³/mol. The maximum absolute atomic E-state index is 8.81. The molecule has 0 aliphatic rings. The van der Waals surface area contributed by atoms with Gasteiger partial charge in [0, 0.05) is 14.7 Å². The summed E-state index contributed by atoms with van der Waals surface area (Å²) in [6.45, 7) is 0.661. The SMILES string of the molecule is N#Cc1cc(Cl)nc(NCc2cc(Br)cs2)c1. The summed E-state index contributed by atoms with van der Waals surface area (Å²) in [5, 5.41) is 14.3. The molecule has 2 heterocycles. The quantitative estimate of drug-likeness (QED) is 0.865. The van der Waals surface area contributed by atoms with Crippen LogP contribution < -0.4 is 5.32 Å². The lowest BCUT2D eigenvalue weighted by Gasteiger charge is -2.04. The number of hydrogen-bond acceptors (Lipinski definition) is 4. The second-order valence-electron chi connectivity index (χ2n) is 3.26. The first-order valence-corrected chi connectivity index (χ1v) is 6.77. The van der Waals surface area contributed by atoms with Gasteiger partial charge in [-0.1, -0.05) is 11.6 Å². The fraction of sp³-hybridized carbons (Fsp3) is 0.0909. The van der Waals surface area contributed by atoms with Crippen LogP contribution in [0.4, 0.5) is 5.82 Å². The molecule has 6 heteroatoms. The number of anilines is 1. The lowest BCUT2D eigenvalue weighted by molar-refractivity contribution is 1.14. The fourth-order valence-corrected chi connectivity index (χ4v) is 2.88. The molecule has 0 amide bonds. The topological polar surface area (TPSA) is 48.7 Å². The molecule has 17 heavy (non-hydrogen) atoms. The summed E-state index contributed by atoms with van der Waals surface area (Å²) in [6.07, 6.45) is 0. The second-order valence-corrected chi connectivity index (χ2v) is 5.56. The van der Waals surface area contributed by atoms with Crippen molar-refractivity contribution in [2.24, 2.45) is 0 Å². The number of rotatable bonds is 3. The van der Waals surface area contributed by atoms with Gasteiger partial charge in [0.05, 0.1) is 18.2 Å². The van der Waals surface area contributed by atoms with E-state index in [4.69, 9.17) is 16.9 Å². The average molecular weight is 329 g/mol. The molecule has 86 valence electrons. The van der Waals surface area contributed by atoms with Crippen LogP contribution in [-0.4, -0.2) is 4.98 Å². The van der Waals surface area contributed by atoms with E-state index in [1.165, 1.54) is 10.9 Å². The molecule has 2 aromatic rings. The Labute approximate surface area is 116 Å². The molecule has 0 aliphatic heterocycles. The third-order valence-electron chi connectivity index (χ3n) is 1.99. The summed E-state index contributed by atoms with van der Waals surface area (Å²) in [5.41, 5.74) is 0.500. The van der Waals surface area contributed by atoms with E-state index in [9.17, 15) is 0 Å². The number of halogens is 2. The highest BCUT2D eigenvalue weighted by molar-refractivity contribution is 9.10. The van der Waals surface area contributed by atoms with Gasteiger partial charge >= 0.3 is 0 Å². The lowest BCUT2D eigenvalue weighted by Crippen LogP contribution is -2.00. The van der Waals surface area contributed by atoms with Crippen molar-refractivity contribution in [1.82, 2.24) is 4.98 Å². The standard InChI is InChI=1S/C11H7BrClN3S/c12-8-3-9(17-6-8)5-15-11-2-7(4-14)1-10(13)16-11/h1-3,6H,5H2,(H,15,16). The summed E-state index contributed by atoms with van der Waals surface area (Å²) in [6, 6.07) is 7.29. The predicted octanol–water partition coefficient (Wildman–Crippen LogP) is 4.04. The molecule has 1 N–H and O–H groups in total. The van der Waals surface area contributed by atoms with Crippen molar-refractivity contribution in [2.45, 2.75) is 6.54 Å². The molecule has 0 aromatic carbocycles. The highest BCUT2D eigenvalue weighted by Crippen LogP contribution is 2.21. The maximum Gasteiger partial charge on any atom is 0.132 e. The van der Waals surface area contributed by atoms with Crippen molar-refractivity contribution in [3.8, 4) is 6.07 Å². The van der Waals surface area contributed by atoms with Gasteiger partial charge in [-0.15, -0.1) is 11.3 Å². The molecule has 0 bridgehead atoms. The Balaban J connectivity index is 2.09. The molecular weight excluding hydrogens is 322 g/mol. The van der Waals surface area contributed by atoms with Crippen LogP contribution in [0.3, 0.4) is 0 Å². The van der Waals surface area contributed by atoms with E-state index >= 15 is 0 Å². The zero-order valence-corrected chi connectivity index (χ0v) is 11.7. The number of thiophene rings is 1. The Hall–Kier alpha value is -1.09. The van der Waals surface area contributed by atoms with Crippen LogP contribution in [0, 0.1) is 11.3 Å². The van der Waals surface area contributed by atoms with Crippen molar-refractivity contribution in [3.63, 3.8) is 0 Å². The Morgan fingerprint density at radius 1 is 1.47 bits per heavy atom. The van der Waals surface area contributed by atoms with Gasteiger partial charge in [0.25, 0.3) is 0 Å². The van der Waals surface area contributed by atoms with Crippen molar-refractivity contribution in [1.29, 1.82) is 5.26 Å². The molecule has 0 saturated heterocycles. The number of nitrogens with zero attached hydrogens (tertiary/aromatic N) is 2. The number of nitriles is 1. The first kappa shape index (κ1) is 12.4. The molecule has 0 atom stereocenters. The van der Waals surface area contributed by atoms with Crippen molar-refractivity contribution >= 4 is 44.7 Å². The molecule has 0 radical (unpaired) electrons. The van der Waals surface area contributed by atoms with Crippen LogP contribution in [0.25, 0.3) is 0 Å². The Kier molecular flexibility index (Phi) is 4.00. The highest BCUT2D eigenvalue weighted by Gasteiger charge is 2.02. The van der Waals surface area contributed by atoms with Crippen molar-refractivity contribution < 1.29 is 0 Å². The summed E-state index contributed by atoms with van der Waals surface area (Å²) in [4.78, 5) is 5.28. The highest BCUT2D eigenvalue weighted by atomic mass is 79.9. The Morgan fingerprint density at radius 3 is 2.94 bits per heavy atom. The van der Waals surface area contributed by atoms with Crippen LogP contribution in [-0.2, 0) is 6.54 Å². The van der Waals surface area contributed by atoms with Gasteiger partial charge in [-0.25, -0.2) is 4.98 Å². The average Bonchev–Trinajstić information content (AvgIpc) is 2.72. The molecule has 0 spiro atoms. The molecule has 0 unspecified atom stereocenters. The van der Waals surface area contributed by atoms with Gasteiger partial charge < -0.3 is 5.32 Å². The van der Waals surface area contributed by atoms with E-state index in [1.54, 1.807) is 17.4 Å². The molecular formula is C11H7BrClN3S. The monoisotopic (exact) mass is 327 g/mol. The van der Waals surface area contributed by atoms with E-state index in [0.29, 0.717) is 23.1 Å². The van der Waals surface area contributed by atoms with Gasteiger partial charge in [0.2, 0.25) is 0 Å². The summed E-state index contributed by atoms with van der Waals surface area (Å²) < 4.78 is 1.07. The molecule has 0 fully saturated rings. The lowest BCUT2D eigenvalue weighted by atomic mass is 10.3. The minimum Gasteiger partial charge on any atom is -0.365 e. The molecule has 2 rings (SSSR count). The Morgan fingerprint density at radius 2 is 2.29 bits per heavy atom. The third kappa shape index (κ3) is 3.43. The molecule has 3 nitrogen and oxygen atoms in total. The number of nitrogens with one attached hydrogen (secondary N) is 1. The zero-order chi connectivity index (χ0) is 12.3. The minimum atomic E-state index is 0.318.